The van der Waals surface area contributed by atoms with Crippen LogP contribution in [0, 0.1) is 6.92 Å². The Labute approximate surface area is 104 Å². The molecule has 0 saturated carbocycles. The zero-order chi connectivity index (χ0) is 13.2. The van der Waals surface area contributed by atoms with Crippen LogP contribution < -0.4 is 5.32 Å². The first kappa shape index (κ1) is 13.8. The number of carbonyl (C=O) groups is 1. The highest BCUT2D eigenvalue weighted by atomic mass is 16.1. The second-order valence-corrected chi connectivity index (χ2v) is 5.31. The molecule has 1 rings (SSSR count). The summed E-state index contributed by atoms with van der Waals surface area (Å²) in [5.74, 6) is 0.821. The molecule has 0 saturated heterocycles. The number of amides is 1. The van der Waals surface area contributed by atoms with E-state index in [0.717, 1.165) is 5.69 Å². The quantitative estimate of drug-likeness (QED) is 0.833. The maximum atomic E-state index is 11.3. The van der Waals surface area contributed by atoms with Crippen molar-refractivity contribution in [2.45, 2.75) is 53.4 Å². The Morgan fingerprint density at radius 3 is 1.76 bits per heavy atom. The number of anilines is 1. The minimum absolute atomic E-state index is 0.00217. The first-order valence-electron chi connectivity index (χ1n) is 6.25. The molecule has 1 N–H and O–H groups in total. The average molecular weight is 233 g/mol. The van der Waals surface area contributed by atoms with Crippen LogP contribution >= 0.6 is 0 Å². The third-order valence-corrected chi connectivity index (χ3v) is 2.89. The zero-order valence-electron chi connectivity index (χ0n) is 11.7. The number of aryl methyl sites for hydroxylation is 1. The molecule has 1 amide bonds. The average Bonchev–Trinajstić information content (AvgIpc) is 2.18. The third kappa shape index (κ3) is 3.32. The van der Waals surface area contributed by atoms with Crippen LogP contribution in [0.15, 0.2) is 12.1 Å². The summed E-state index contributed by atoms with van der Waals surface area (Å²) >= 11 is 0. The summed E-state index contributed by atoms with van der Waals surface area (Å²) in [5, 5.41) is 2.99. The fourth-order valence-electron chi connectivity index (χ4n) is 2.07. The molecule has 0 bridgehead atoms. The smallest absolute Gasteiger partial charge is 0.221 e. The fraction of sp³-hybridized carbons (Fsp3) is 0.533. The standard InChI is InChI=1S/C15H23NO/c1-9(2)13-7-11(5)8-14(10(3)4)15(13)16-12(6)17/h7-10H,1-6H3,(H,16,17). The van der Waals surface area contributed by atoms with Crippen LogP contribution in [0.4, 0.5) is 5.69 Å². The summed E-state index contributed by atoms with van der Waals surface area (Å²) in [7, 11) is 0. The van der Waals surface area contributed by atoms with Gasteiger partial charge in [-0.2, -0.15) is 0 Å². The molecule has 0 spiro atoms. The highest BCUT2D eigenvalue weighted by Crippen LogP contribution is 2.33. The van der Waals surface area contributed by atoms with Crippen LogP contribution in [0.2, 0.25) is 0 Å². The minimum Gasteiger partial charge on any atom is -0.326 e. The first-order chi connectivity index (χ1) is 7.82. The maximum absolute atomic E-state index is 11.3. The van der Waals surface area contributed by atoms with Crippen molar-refractivity contribution < 1.29 is 4.79 Å². The Bertz CT molecular complexity index is 390. The van der Waals surface area contributed by atoms with E-state index in [9.17, 15) is 4.79 Å². The van der Waals surface area contributed by atoms with E-state index < -0.39 is 0 Å². The summed E-state index contributed by atoms with van der Waals surface area (Å²) in [4.78, 5) is 11.3. The SMILES string of the molecule is CC(=O)Nc1c(C(C)C)cc(C)cc1C(C)C. The molecule has 2 heteroatoms. The second kappa shape index (κ2) is 5.35. The molecule has 1 aromatic rings. The molecule has 1 aromatic carbocycles. The van der Waals surface area contributed by atoms with E-state index in [4.69, 9.17) is 0 Å². The van der Waals surface area contributed by atoms with Crippen molar-refractivity contribution in [3.05, 3.63) is 28.8 Å². The fourth-order valence-corrected chi connectivity index (χ4v) is 2.07. The Kier molecular flexibility index (Phi) is 4.33. The van der Waals surface area contributed by atoms with Crippen molar-refractivity contribution in [2.75, 3.05) is 5.32 Å². The van der Waals surface area contributed by atoms with E-state index in [-0.39, 0.29) is 5.91 Å². The van der Waals surface area contributed by atoms with Gasteiger partial charge in [0.15, 0.2) is 0 Å². The van der Waals surface area contributed by atoms with Gasteiger partial charge in [-0.15, -0.1) is 0 Å². The van der Waals surface area contributed by atoms with Gasteiger partial charge in [0, 0.05) is 12.6 Å². The monoisotopic (exact) mass is 233 g/mol. The Balaban J connectivity index is 3.41. The highest BCUT2D eigenvalue weighted by Gasteiger charge is 2.15. The van der Waals surface area contributed by atoms with Crippen molar-refractivity contribution in [3.8, 4) is 0 Å². The molecule has 0 atom stereocenters. The summed E-state index contributed by atoms with van der Waals surface area (Å²) in [5.41, 5.74) is 4.72. The number of carbonyl (C=O) groups excluding carboxylic acids is 1. The van der Waals surface area contributed by atoms with Gasteiger partial charge in [0.2, 0.25) is 5.91 Å². The van der Waals surface area contributed by atoms with Gasteiger partial charge in [0.1, 0.15) is 0 Å². The minimum atomic E-state index is -0.00217. The van der Waals surface area contributed by atoms with Gasteiger partial charge in [-0.05, 0) is 29.9 Å². The van der Waals surface area contributed by atoms with Crippen molar-refractivity contribution in [3.63, 3.8) is 0 Å². The molecule has 0 aliphatic carbocycles. The largest absolute Gasteiger partial charge is 0.326 e. The first-order valence-corrected chi connectivity index (χ1v) is 6.25. The van der Waals surface area contributed by atoms with Gasteiger partial charge in [0.25, 0.3) is 0 Å². The normalized spacial score (nSPS) is 11.1. The number of hydrogen-bond acceptors (Lipinski definition) is 1. The zero-order valence-corrected chi connectivity index (χ0v) is 11.7. The van der Waals surface area contributed by atoms with Gasteiger partial charge >= 0.3 is 0 Å². The molecule has 0 aromatic heterocycles. The van der Waals surface area contributed by atoms with Crippen molar-refractivity contribution in [1.29, 1.82) is 0 Å². The lowest BCUT2D eigenvalue weighted by Crippen LogP contribution is -2.12. The van der Waals surface area contributed by atoms with E-state index in [1.54, 1.807) is 6.92 Å². The highest BCUT2D eigenvalue weighted by molar-refractivity contribution is 5.91. The molecule has 0 unspecified atom stereocenters. The van der Waals surface area contributed by atoms with Crippen LogP contribution in [0.5, 0.6) is 0 Å². The van der Waals surface area contributed by atoms with E-state index >= 15 is 0 Å². The summed E-state index contributed by atoms with van der Waals surface area (Å²) in [6, 6.07) is 4.34. The maximum Gasteiger partial charge on any atom is 0.221 e. The Morgan fingerprint density at radius 1 is 1.06 bits per heavy atom. The lowest BCUT2D eigenvalue weighted by atomic mass is 9.90. The second-order valence-electron chi connectivity index (χ2n) is 5.31. The molecule has 0 aliphatic rings. The van der Waals surface area contributed by atoms with E-state index in [2.05, 4.69) is 52.1 Å². The summed E-state index contributed by atoms with van der Waals surface area (Å²) < 4.78 is 0. The van der Waals surface area contributed by atoms with Gasteiger partial charge in [0.05, 0.1) is 0 Å². The Hall–Kier alpha value is -1.31. The molecular weight excluding hydrogens is 210 g/mol. The summed E-state index contributed by atoms with van der Waals surface area (Å²) in [6.45, 7) is 12.3. The molecule has 0 radical (unpaired) electrons. The Morgan fingerprint density at radius 2 is 1.47 bits per heavy atom. The molecule has 0 aliphatic heterocycles. The molecule has 0 heterocycles. The molecule has 2 nitrogen and oxygen atoms in total. The predicted octanol–water partition coefficient (Wildman–Crippen LogP) is 4.20. The number of nitrogens with one attached hydrogen (secondary N) is 1. The van der Waals surface area contributed by atoms with Gasteiger partial charge < -0.3 is 5.32 Å². The molecule has 17 heavy (non-hydrogen) atoms. The van der Waals surface area contributed by atoms with Gasteiger partial charge in [-0.25, -0.2) is 0 Å². The molecule has 0 fully saturated rings. The molecular formula is C15H23NO. The van der Waals surface area contributed by atoms with Crippen LogP contribution in [-0.4, -0.2) is 5.91 Å². The summed E-state index contributed by atoms with van der Waals surface area (Å²) in [6.07, 6.45) is 0. The lowest BCUT2D eigenvalue weighted by Gasteiger charge is -2.20. The van der Waals surface area contributed by atoms with Crippen molar-refractivity contribution in [2.24, 2.45) is 0 Å². The van der Waals surface area contributed by atoms with E-state index in [1.165, 1.54) is 16.7 Å². The van der Waals surface area contributed by atoms with E-state index in [1.807, 2.05) is 0 Å². The third-order valence-electron chi connectivity index (χ3n) is 2.89. The van der Waals surface area contributed by atoms with Gasteiger partial charge in [-0.3, -0.25) is 4.79 Å². The van der Waals surface area contributed by atoms with Gasteiger partial charge in [-0.1, -0.05) is 45.4 Å². The predicted molar refractivity (Wildman–Crippen MR) is 73.7 cm³/mol. The van der Waals surface area contributed by atoms with Crippen LogP contribution in [-0.2, 0) is 4.79 Å². The topological polar surface area (TPSA) is 29.1 Å². The number of hydrogen-bond donors (Lipinski definition) is 1. The molecule has 94 valence electrons. The van der Waals surface area contributed by atoms with Crippen molar-refractivity contribution >= 4 is 11.6 Å². The number of benzene rings is 1. The van der Waals surface area contributed by atoms with Crippen LogP contribution in [0.25, 0.3) is 0 Å². The van der Waals surface area contributed by atoms with Crippen LogP contribution in [0.3, 0.4) is 0 Å². The lowest BCUT2D eigenvalue weighted by molar-refractivity contribution is -0.114. The number of rotatable bonds is 3. The van der Waals surface area contributed by atoms with Crippen LogP contribution in [0.1, 0.15) is 63.1 Å². The van der Waals surface area contributed by atoms with E-state index in [0.29, 0.717) is 11.8 Å². The van der Waals surface area contributed by atoms with Crippen molar-refractivity contribution in [1.82, 2.24) is 0 Å².